The molecular weight excluding hydrogens is 303 g/mol. The fourth-order valence-electron chi connectivity index (χ4n) is 2.05. The highest BCUT2D eigenvalue weighted by molar-refractivity contribution is 7.99. The number of alkyl halides is 3. The molecule has 1 saturated carbocycles. The van der Waals surface area contributed by atoms with E-state index in [9.17, 15) is 18.0 Å². The number of carboxylic acids is 1. The van der Waals surface area contributed by atoms with Crippen molar-refractivity contribution in [1.29, 1.82) is 0 Å². The minimum absolute atomic E-state index is 0.00613. The second kappa shape index (κ2) is 6.70. The van der Waals surface area contributed by atoms with Crippen molar-refractivity contribution < 1.29 is 23.1 Å². The molecule has 0 spiro atoms. The van der Waals surface area contributed by atoms with Gasteiger partial charge in [0.15, 0.2) is 0 Å². The third-order valence-electron chi connectivity index (χ3n) is 3.21. The van der Waals surface area contributed by atoms with E-state index in [4.69, 9.17) is 5.11 Å². The zero-order valence-electron chi connectivity index (χ0n) is 11.3. The second-order valence-corrected chi connectivity index (χ2v) is 6.14. The summed E-state index contributed by atoms with van der Waals surface area (Å²) in [5.74, 6) is -0.295. The van der Waals surface area contributed by atoms with Gasteiger partial charge in [0.1, 0.15) is 0 Å². The van der Waals surface area contributed by atoms with Crippen LogP contribution in [-0.2, 0) is 11.0 Å². The Bertz CT molecular complexity index is 503. The maximum Gasteiger partial charge on any atom is 0.416 e. The van der Waals surface area contributed by atoms with E-state index < -0.39 is 17.7 Å². The summed E-state index contributed by atoms with van der Waals surface area (Å²) in [5, 5.41) is 8.83. The van der Waals surface area contributed by atoms with Crippen LogP contribution in [0, 0.1) is 0 Å². The highest BCUT2D eigenvalue weighted by atomic mass is 32.2. The number of hydrogen-bond donors (Lipinski definition) is 1. The molecule has 116 valence electrons. The lowest BCUT2D eigenvalue weighted by Gasteiger charge is -2.19. The molecule has 1 aliphatic carbocycles. The Morgan fingerprint density at radius 1 is 1.38 bits per heavy atom. The summed E-state index contributed by atoms with van der Waals surface area (Å²) in [6.07, 6.45) is -2.33. The molecule has 1 aromatic rings. The number of aliphatic carboxylic acids is 1. The molecule has 1 fully saturated rings. The van der Waals surface area contributed by atoms with Crippen LogP contribution in [0.3, 0.4) is 0 Å². The van der Waals surface area contributed by atoms with Gasteiger partial charge in [-0.2, -0.15) is 13.2 Å². The topological polar surface area (TPSA) is 40.5 Å². The highest BCUT2D eigenvalue weighted by Crippen LogP contribution is 2.32. The van der Waals surface area contributed by atoms with E-state index >= 15 is 0 Å². The van der Waals surface area contributed by atoms with Crippen molar-refractivity contribution in [3.63, 3.8) is 0 Å². The molecule has 2 rings (SSSR count). The fourth-order valence-corrected chi connectivity index (χ4v) is 2.99. The van der Waals surface area contributed by atoms with Gasteiger partial charge in [0.25, 0.3) is 0 Å². The van der Waals surface area contributed by atoms with Gasteiger partial charge in [-0.15, -0.1) is 11.8 Å². The van der Waals surface area contributed by atoms with Crippen molar-refractivity contribution in [2.45, 2.75) is 30.0 Å². The molecule has 0 heterocycles. The van der Waals surface area contributed by atoms with Crippen LogP contribution in [0.1, 0.15) is 18.4 Å². The standard InChI is InChI=1S/C14H16F3NO2S/c15-14(16,17)10-2-1-3-12(8-10)21-7-6-18(9-13(19)20)11-4-5-11/h1-3,8,11H,4-7,9H2,(H,19,20). The second-order valence-electron chi connectivity index (χ2n) is 4.97. The summed E-state index contributed by atoms with van der Waals surface area (Å²) in [6.45, 7) is 0.561. The van der Waals surface area contributed by atoms with E-state index in [0.717, 1.165) is 25.0 Å². The Morgan fingerprint density at radius 3 is 2.67 bits per heavy atom. The van der Waals surface area contributed by atoms with E-state index in [-0.39, 0.29) is 6.54 Å². The lowest BCUT2D eigenvalue weighted by Crippen LogP contribution is -2.33. The molecule has 0 unspecified atom stereocenters. The van der Waals surface area contributed by atoms with Gasteiger partial charge in [0.2, 0.25) is 0 Å². The molecule has 1 aromatic carbocycles. The van der Waals surface area contributed by atoms with Crippen LogP contribution in [0.15, 0.2) is 29.2 Å². The maximum atomic E-state index is 12.6. The van der Waals surface area contributed by atoms with Crippen molar-refractivity contribution in [3.8, 4) is 0 Å². The first-order valence-corrected chi connectivity index (χ1v) is 7.61. The zero-order valence-corrected chi connectivity index (χ0v) is 12.1. The van der Waals surface area contributed by atoms with Crippen LogP contribution >= 0.6 is 11.8 Å². The monoisotopic (exact) mass is 319 g/mol. The Labute approximate surface area is 125 Å². The smallest absolute Gasteiger partial charge is 0.416 e. The van der Waals surface area contributed by atoms with Crippen LogP contribution in [0.25, 0.3) is 0 Å². The average molecular weight is 319 g/mol. The van der Waals surface area contributed by atoms with Crippen LogP contribution < -0.4 is 0 Å². The average Bonchev–Trinajstić information content (AvgIpc) is 3.21. The number of carbonyl (C=O) groups is 1. The van der Waals surface area contributed by atoms with E-state index in [0.29, 0.717) is 23.2 Å². The summed E-state index contributed by atoms with van der Waals surface area (Å²) in [6, 6.07) is 5.52. The molecule has 0 aliphatic heterocycles. The largest absolute Gasteiger partial charge is 0.480 e. The van der Waals surface area contributed by atoms with Gasteiger partial charge in [0, 0.05) is 23.2 Å². The quantitative estimate of drug-likeness (QED) is 0.783. The van der Waals surface area contributed by atoms with Gasteiger partial charge in [-0.25, -0.2) is 0 Å². The van der Waals surface area contributed by atoms with E-state index in [1.165, 1.54) is 17.8 Å². The molecule has 0 amide bonds. The number of benzene rings is 1. The summed E-state index contributed by atoms with van der Waals surface area (Å²) >= 11 is 1.32. The lowest BCUT2D eigenvalue weighted by molar-refractivity contribution is -0.139. The molecule has 0 aromatic heterocycles. The molecular formula is C14H16F3NO2S. The molecule has 1 aliphatic rings. The van der Waals surface area contributed by atoms with Crippen molar-refractivity contribution >= 4 is 17.7 Å². The molecule has 0 radical (unpaired) electrons. The predicted molar refractivity (Wildman–Crippen MR) is 74.4 cm³/mol. The normalized spacial score (nSPS) is 15.4. The van der Waals surface area contributed by atoms with Crippen LogP contribution in [0.2, 0.25) is 0 Å². The first-order valence-electron chi connectivity index (χ1n) is 6.62. The summed E-state index contributed by atoms with van der Waals surface area (Å²) in [5.41, 5.74) is -0.655. The molecule has 0 bridgehead atoms. The van der Waals surface area contributed by atoms with Gasteiger partial charge in [-0.3, -0.25) is 9.69 Å². The number of thioether (sulfide) groups is 1. The minimum Gasteiger partial charge on any atom is -0.480 e. The van der Waals surface area contributed by atoms with Gasteiger partial charge in [-0.1, -0.05) is 6.07 Å². The number of hydrogen-bond acceptors (Lipinski definition) is 3. The van der Waals surface area contributed by atoms with Crippen molar-refractivity contribution in [2.75, 3.05) is 18.8 Å². The number of halogens is 3. The molecule has 1 N–H and O–H groups in total. The molecule has 21 heavy (non-hydrogen) atoms. The highest BCUT2D eigenvalue weighted by Gasteiger charge is 2.31. The van der Waals surface area contributed by atoms with Crippen molar-refractivity contribution in [3.05, 3.63) is 29.8 Å². The summed E-state index contributed by atoms with van der Waals surface area (Å²) < 4.78 is 37.8. The van der Waals surface area contributed by atoms with Crippen molar-refractivity contribution in [2.24, 2.45) is 0 Å². The molecule has 0 atom stereocenters. The van der Waals surface area contributed by atoms with Crippen LogP contribution in [0.5, 0.6) is 0 Å². The Hall–Kier alpha value is -1.21. The van der Waals surface area contributed by atoms with Gasteiger partial charge in [0.05, 0.1) is 12.1 Å². The maximum absolute atomic E-state index is 12.6. The number of rotatable bonds is 7. The number of carboxylic acid groups (broad SMARTS) is 1. The SMILES string of the molecule is O=C(O)CN(CCSc1cccc(C(F)(F)F)c1)C1CC1. The van der Waals surface area contributed by atoms with Gasteiger partial charge < -0.3 is 5.11 Å². The minimum atomic E-state index is -4.33. The van der Waals surface area contributed by atoms with Gasteiger partial charge >= 0.3 is 12.1 Å². The Kier molecular flexibility index (Phi) is 5.16. The number of nitrogens with zero attached hydrogens (tertiary/aromatic N) is 1. The Morgan fingerprint density at radius 2 is 2.10 bits per heavy atom. The Balaban J connectivity index is 1.86. The van der Waals surface area contributed by atoms with Crippen molar-refractivity contribution in [1.82, 2.24) is 4.90 Å². The van der Waals surface area contributed by atoms with Crippen LogP contribution in [0.4, 0.5) is 13.2 Å². The predicted octanol–water partition coefficient (Wildman–Crippen LogP) is 3.35. The molecule has 7 heteroatoms. The molecule has 3 nitrogen and oxygen atoms in total. The molecule has 0 saturated heterocycles. The van der Waals surface area contributed by atoms with E-state index in [2.05, 4.69) is 0 Å². The lowest BCUT2D eigenvalue weighted by atomic mass is 10.2. The first kappa shape index (κ1) is 16.2. The summed E-state index contributed by atoms with van der Waals surface area (Å²) in [4.78, 5) is 13.2. The van der Waals surface area contributed by atoms with Crippen LogP contribution in [-0.4, -0.2) is 40.9 Å². The summed E-state index contributed by atoms with van der Waals surface area (Å²) in [7, 11) is 0. The van der Waals surface area contributed by atoms with E-state index in [1.807, 2.05) is 4.90 Å². The zero-order chi connectivity index (χ0) is 15.5. The third-order valence-corrected chi connectivity index (χ3v) is 4.18. The van der Waals surface area contributed by atoms with E-state index in [1.54, 1.807) is 6.07 Å². The van der Waals surface area contributed by atoms with Gasteiger partial charge in [-0.05, 0) is 31.0 Å². The fraction of sp³-hybridized carbons (Fsp3) is 0.500. The third kappa shape index (κ3) is 5.24. The first-order chi connectivity index (χ1) is 9.86.